The van der Waals surface area contributed by atoms with Crippen molar-refractivity contribution in [2.45, 2.75) is 264 Å². The minimum absolute atomic E-state index is 0.0734. The topological polar surface area (TPSA) is 69.6 Å². The van der Waals surface area contributed by atoms with Crippen LogP contribution in [0.25, 0.3) is 0 Å². The number of carbonyl (C=O) groups excluding carboxylic acids is 1. The highest BCUT2D eigenvalue weighted by Crippen LogP contribution is 2.16. The van der Waals surface area contributed by atoms with Gasteiger partial charge in [-0.1, -0.05) is 231 Å². The molecular weight excluding hydrogens is 627 g/mol. The number of allylic oxidation sites excluding steroid dienone is 3. The molecule has 0 fully saturated rings. The van der Waals surface area contributed by atoms with E-state index in [0.29, 0.717) is 6.42 Å². The highest BCUT2D eigenvalue weighted by atomic mass is 16.3. The molecule has 0 aliphatic carbocycles. The molecule has 0 saturated heterocycles. The minimum Gasteiger partial charge on any atom is -0.394 e. The van der Waals surface area contributed by atoms with Crippen LogP contribution in [0.4, 0.5) is 0 Å². The average Bonchev–Trinajstić information content (AvgIpc) is 3.13. The molecule has 0 aromatic rings. The molecule has 0 aliphatic heterocycles. The third-order valence-corrected chi connectivity index (χ3v) is 10.7. The molecular formula is C47H91NO3. The zero-order valence-corrected chi connectivity index (χ0v) is 34.6. The molecule has 302 valence electrons. The fourth-order valence-electron chi connectivity index (χ4n) is 7.10. The lowest BCUT2D eigenvalue weighted by Crippen LogP contribution is -2.45. The Kier molecular flexibility index (Phi) is 42.3. The standard InChI is InChI=1S/C47H91NO3/c1-3-5-7-9-11-13-15-16-17-18-19-20-21-22-23-24-25-26-27-28-29-30-31-33-34-36-38-40-42-46(50)45(44-49)48-47(51)43-41-39-37-35-32-14-12-10-8-6-4-2/h10,12,40,42,45-46,49-50H,3-9,11,13-39,41,43-44H2,1-2H3,(H,48,51)/b12-10-,42-40+. The monoisotopic (exact) mass is 718 g/mol. The second-order valence-electron chi connectivity index (χ2n) is 15.8. The molecule has 0 spiro atoms. The second kappa shape index (κ2) is 43.3. The van der Waals surface area contributed by atoms with Crippen LogP contribution in [-0.4, -0.2) is 34.9 Å². The summed E-state index contributed by atoms with van der Waals surface area (Å²) in [6, 6.07) is -0.623. The maximum atomic E-state index is 12.3. The lowest BCUT2D eigenvalue weighted by Gasteiger charge is -2.20. The molecule has 3 N–H and O–H groups in total. The fraction of sp³-hybridized carbons (Fsp3) is 0.894. The van der Waals surface area contributed by atoms with E-state index in [2.05, 4.69) is 31.3 Å². The summed E-state index contributed by atoms with van der Waals surface area (Å²) in [6.07, 6.45) is 56.0. The number of unbranched alkanes of at least 4 members (excludes halogenated alkanes) is 33. The highest BCUT2D eigenvalue weighted by molar-refractivity contribution is 5.76. The summed E-state index contributed by atoms with van der Waals surface area (Å²) in [4.78, 5) is 12.3. The van der Waals surface area contributed by atoms with Crippen LogP contribution in [-0.2, 0) is 4.79 Å². The van der Waals surface area contributed by atoms with E-state index in [1.165, 1.54) is 193 Å². The summed E-state index contributed by atoms with van der Waals surface area (Å²) < 4.78 is 0. The SMILES string of the molecule is CCCC/C=C\CCCCCCCC(=O)NC(CO)C(O)/C=C/CCCCCCCCCCCCCCCCCCCCCCCCCCCC. The Morgan fingerprint density at radius 3 is 1.14 bits per heavy atom. The van der Waals surface area contributed by atoms with Gasteiger partial charge >= 0.3 is 0 Å². The van der Waals surface area contributed by atoms with Crippen LogP contribution in [0.5, 0.6) is 0 Å². The number of hydrogen-bond acceptors (Lipinski definition) is 3. The van der Waals surface area contributed by atoms with Gasteiger partial charge in [-0.3, -0.25) is 4.79 Å². The predicted octanol–water partition coefficient (Wildman–Crippen LogP) is 14.4. The van der Waals surface area contributed by atoms with Crippen LogP contribution in [0.3, 0.4) is 0 Å². The average molecular weight is 718 g/mol. The van der Waals surface area contributed by atoms with Crippen molar-refractivity contribution in [2.75, 3.05) is 6.61 Å². The van der Waals surface area contributed by atoms with Gasteiger partial charge in [-0.05, 0) is 38.5 Å². The van der Waals surface area contributed by atoms with Crippen LogP contribution in [0, 0.1) is 0 Å². The van der Waals surface area contributed by atoms with E-state index >= 15 is 0 Å². The zero-order chi connectivity index (χ0) is 37.1. The molecule has 0 aromatic heterocycles. The number of aliphatic hydroxyl groups is 2. The number of nitrogens with one attached hydrogen (secondary N) is 1. The van der Waals surface area contributed by atoms with Gasteiger partial charge in [0.15, 0.2) is 0 Å². The van der Waals surface area contributed by atoms with Gasteiger partial charge < -0.3 is 15.5 Å². The van der Waals surface area contributed by atoms with E-state index < -0.39 is 12.1 Å². The van der Waals surface area contributed by atoms with Crippen molar-refractivity contribution in [3.63, 3.8) is 0 Å². The number of hydrogen-bond donors (Lipinski definition) is 3. The van der Waals surface area contributed by atoms with E-state index in [-0.39, 0.29) is 12.5 Å². The molecule has 2 atom stereocenters. The lowest BCUT2D eigenvalue weighted by molar-refractivity contribution is -0.123. The van der Waals surface area contributed by atoms with Gasteiger partial charge in [-0.15, -0.1) is 0 Å². The summed E-state index contributed by atoms with van der Waals surface area (Å²) in [5.74, 6) is -0.0734. The Morgan fingerprint density at radius 2 is 0.765 bits per heavy atom. The zero-order valence-electron chi connectivity index (χ0n) is 34.6. The summed E-state index contributed by atoms with van der Waals surface area (Å²) in [7, 11) is 0. The van der Waals surface area contributed by atoms with Crippen molar-refractivity contribution in [3.8, 4) is 0 Å². The summed E-state index contributed by atoms with van der Waals surface area (Å²) in [5, 5.41) is 23.0. The summed E-state index contributed by atoms with van der Waals surface area (Å²) in [5.41, 5.74) is 0. The molecule has 4 nitrogen and oxygen atoms in total. The van der Waals surface area contributed by atoms with Crippen LogP contribution in [0.1, 0.15) is 251 Å². The Bertz CT molecular complexity index is 735. The molecule has 2 unspecified atom stereocenters. The number of aliphatic hydroxyl groups excluding tert-OH is 2. The molecule has 0 saturated carbocycles. The molecule has 0 aliphatic rings. The van der Waals surface area contributed by atoms with E-state index in [9.17, 15) is 15.0 Å². The van der Waals surface area contributed by atoms with Gasteiger partial charge in [0.2, 0.25) is 5.91 Å². The molecule has 1 amide bonds. The lowest BCUT2D eigenvalue weighted by atomic mass is 10.0. The third kappa shape index (κ3) is 39.9. The van der Waals surface area contributed by atoms with Crippen molar-refractivity contribution in [2.24, 2.45) is 0 Å². The Hall–Kier alpha value is -1.13. The number of amides is 1. The molecule has 0 radical (unpaired) electrons. The smallest absolute Gasteiger partial charge is 0.220 e. The number of rotatable bonds is 42. The van der Waals surface area contributed by atoms with Crippen molar-refractivity contribution >= 4 is 5.91 Å². The van der Waals surface area contributed by atoms with E-state index in [4.69, 9.17) is 0 Å². The maximum absolute atomic E-state index is 12.3. The molecule has 0 aromatic carbocycles. The first-order chi connectivity index (χ1) is 25.2. The predicted molar refractivity (Wildman–Crippen MR) is 225 cm³/mol. The van der Waals surface area contributed by atoms with Crippen molar-refractivity contribution in [1.29, 1.82) is 0 Å². The Balaban J connectivity index is 3.45. The van der Waals surface area contributed by atoms with E-state index in [1.807, 2.05) is 6.08 Å². The van der Waals surface area contributed by atoms with Gasteiger partial charge in [-0.2, -0.15) is 0 Å². The molecule has 4 heteroatoms. The minimum atomic E-state index is -0.839. The van der Waals surface area contributed by atoms with E-state index in [1.54, 1.807) is 6.08 Å². The van der Waals surface area contributed by atoms with Gasteiger partial charge in [0, 0.05) is 6.42 Å². The summed E-state index contributed by atoms with van der Waals surface area (Å²) in [6.45, 7) is 4.28. The van der Waals surface area contributed by atoms with Crippen LogP contribution in [0.2, 0.25) is 0 Å². The number of carbonyl (C=O) groups is 1. The molecule has 0 bridgehead atoms. The second-order valence-corrected chi connectivity index (χ2v) is 15.8. The first-order valence-electron chi connectivity index (χ1n) is 23.1. The van der Waals surface area contributed by atoms with Crippen LogP contribution in [0.15, 0.2) is 24.3 Å². The van der Waals surface area contributed by atoms with Crippen LogP contribution < -0.4 is 5.32 Å². The van der Waals surface area contributed by atoms with E-state index in [0.717, 1.165) is 38.5 Å². The molecule has 0 heterocycles. The normalized spacial score (nSPS) is 13.1. The van der Waals surface area contributed by atoms with Gasteiger partial charge in [0.05, 0.1) is 18.8 Å². The van der Waals surface area contributed by atoms with Gasteiger partial charge in [0.25, 0.3) is 0 Å². The quantitative estimate of drug-likeness (QED) is 0.0435. The molecule has 51 heavy (non-hydrogen) atoms. The summed E-state index contributed by atoms with van der Waals surface area (Å²) >= 11 is 0. The van der Waals surface area contributed by atoms with Gasteiger partial charge in [-0.25, -0.2) is 0 Å². The van der Waals surface area contributed by atoms with Crippen molar-refractivity contribution in [3.05, 3.63) is 24.3 Å². The molecule has 0 rings (SSSR count). The maximum Gasteiger partial charge on any atom is 0.220 e. The Morgan fingerprint density at radius 1 is 0.451 bits per heavy atom. The van der Waals surface area contributed by atoms with Gasteiger partial charge in [0.1, 0.15) is 0 Å². The third-order valence-electron chi connectivity index (χ3n) is 10.7. The van der Waals surface area contributed by atoms with Crippen molar-refractivity contribution < 1.29 is 15.0 Å². The highest BCUT2D eigenvalue weighted by Gasteiger charge is 2.17. The first kappa shape index (κ1) is 49.9. The van der Waals surface area contributed by atoms with Crippen molar-refractivity contribution in [1.82, 2.24) is 5.32 Å². The van der Waals surface area contributed by atoms with Crippen LogP contribution >= 0.6 is 0 Å². The first-order valence-corrected chi connectivity index (χ1v) is 23.1. The largest absolute Gasteiger partial charge is 0.394 e. The Labute approximate surface area is 319 Å². The fourth-order valence-corrected chi connectivity index (χ4v) is 7.10.